The van der Waals surface area contributed by atoms with Crippen LogP contribution in [0.2, 0.25) is 0 Å². The van der Waals surface area contributed by atoms with Crippen molar-refractivity contribution in [3.8, 4) is 17.2 Å². The molecule has 0 saturated heterocycles. The lowest BCUT2D eigenvalue weighted by Gasteiger charge is -2.31. The molecule has 2 aliphatic rings. The summed E-state index contributed by atoms with van der Waals surface area (Å²) in [6.07, 6.45) is 0. The maximum absolute atomic E-state index is 11.4. The number of aromatic hydroxyl groups is 1. The van der Waals surface area contributed by atoms with Gasteiger partial charge in [0.25, 0.3) is 0 Å². The highest BCUT2D eigenvalue weighted by molar-refractivity contribution is 7.51. The van der Waals surface area contributed by atoms with Crippen LogP contribution in [0.15, 0.2) is 54.6 Å². The lowest BCUT2D eigenvalue weighted by atomic mass is 9.76. The Morgan fingerprint density at radius 3 is 1.34 bits per heavy atom. The van der Waals surface area contributed by atoms with Gasteiger partial charge in [-0.25, -0.2) is 0 Å². The second-order valence-electron chi connectivity index (χ2n) is 13.1. The van der Waals surface area contributed by atoms with E-state index in [1.807, 2.05) is 12.1 Å². The molecule has 184 valence electrons. The van der Waals surface area contributed by atoms with Crippen LogP contribution < -0.4 is 9.05 Å². The van der Waals surface area contributed by atoms with E-state index in [1.54, 1.807) is 0 Å². The molecule has 35 heavy (non-hydrogen) atoms. The van der Waals surface area contributed by atoms with Crippen molar-refractivity contribution < 1.29 is 14.2 Å². The van der Waals surface area contributed by atoms with E-state index >= 15 is 0 Å². The summed E-state index contributed by atoms with van der Waals surface area (Å²) in [5.41, 5.74) is 6.59. The molecule has 0 atom stereocenters. The van der Waals surface area contributed by atoms with Gasteiger partial charge in [-0.3, -0.25) is 0 Å². The first-order valence-corrected chi connectivity index (χ1v) is 13.6. The smallest absolute Gasteiger partial charge is 0.311 e. The second kappa shape index (κ2) is 7.50. The third-order valence-corrected chi connectivity index (χ3v) is 9.35. The molecule has 0 unspecified atom stereocenters. The van der Waals surface area contributed by atoms with E-state index in [-0.39, 0.29) is 22.0 Å². The van der Waals surface area contributed by atoms with Crippen molar-refractivity contribution in [2.24, 2.45) is 0 Å². The third-order valence-electron chi connectivity index (χ3n) is 7.36. The van der Waals surface area contributed by atoms with Crippen LogP contribution in [0.3, 0.4) is 0 Å². The summed E-state index contributed by atoms with van der Waals surface area (Å²) in [6, 6.07) is 19.1. The fraction of sp³-hybridized carbons (Fsp3) is 0.419. The number of hydrogen-bond donors (Lipinski definition) is 1. The predicted octanol–water partition coefficient (Wildman–Crippen LogP) is 8.67. The largest absolute Gasteiger partial charge is 0.508 e. The molecule has 5 rings (SSSR count). The fourth-order valence-electron chi connectivity index (χ4n) is 5.07. The average molecular weight is 489 g/mol. The molecule has 3 aromatic rings. The molecule has 0 radical (unpaired) electrons. The van der Waals surface area contributed by atoms with Gasteiger partial charge >= 0.3 is 8.38 Å². The zero-order valence-electron chi connectivity index (χ0n) is 22.4. The Morgan fingerprint density at radius 1 is 0.571 bits per heavy atom. The quantitative estimate of drug-likeness (QED) is 0.348. The summed E-state index contributed by atoms with van der Waals surface area (Å²) >= 11 is 0. The van der Waals surface area contributed by atoms with E-state index in [0.717, 1.165) is 28.2 Å². The Hall–Kier alpha value is -2.51. The summed E-state index contributed by atoms with van der Waals surface area (Å²) in [4.78, 5) is 0. The normalized spacial score (nSPS) is 21.1. The maximum atomic E-state index is 11.4. The number of benzene rings is 3. The van der Waals surface area contributed by atoms with E-state index in [1.165, 1.54) is 16.7 Å². The second-order valence-corrected chi connectivity index (χ2v) is 14.6. The molecule has 3 aromatic carbocycles. The maximum Gasteiger partial charge on any atom is 0.311 e. The number of phenolic OH excluding ortho intramolecular Hbond substituents is 1. The van der Waals surface area contributed by atoms with Crippen molar-refractivity contribution in [1.82, 2.24) is 0 Å². The Morgan fingerprint density at radius 2 is 0.943 bits per heavy atom. The molecule has 0 fully saturated rings. The molecule has 0 amide bonds. The van der Waals surface area contributed by atoms with Crippen LogP contribution in [0.1, 0.15) is 95.7 Å². The van der Waals surface area contributed by atoms with Crippen LogP contribution >= 0.6 is 8.38 Å². The van der Waals surface area contributed by atoms with Gasteiger partial charge < -0.3 is 14.2 Å². The van der Waals surface area contributed by atoms with Gasteiger partial charge in [-0.1, -0.05) is 80.5 Å². The van der Waals surface area contributed by atoms with Crippen LogP contribution in [0, 0.1) is 0 Å². The molecule has 0 aliphatic carbocycles. The topological polar surface area (TPSA) is 38.7 Å². The minimum atomic E-state index is -1.43. The number of phenols is 1. The minimum absolute atomic E-state index is 0.0214. The molecule has 2 heterocycles. The van der Waals surface area contributed by atoms with Crippen LogP contribution in [0.5, 0.6) is 17.2 Å². The first-order chi connectivity index (χ1) is 16.1. The highest BCUT2D eigenvalue weighted by atomic mass is 31.2. The van der Waals surface area contributed by atoms with Crippen molar-refractivity contribution in [2.45, 2.75) is 83.7 Å². The Balaban J connectivity index is 1.89. The van der Waals surface area contributed by atoms with Crippen LogP contribution in [0.25, 0.3) is 0 Å². The lowest BCUT2D eigenvalue weighted by Crippen LogP contribution is -2.25. The molecule has 1 N–H and O–H groups in total. The van der Waals surface area contributed by atoms with Crippen molar-refractivity contribution in [3.05, 3.63) is 88.0 Å². The number of rotatable bonds is 1. The van der Waals surface area contributed by atoms with Gasteiger partial charge in [-0.2, -0.15) is 0 Å². The van der Waals surface area contributed by atoms with E-state index < -0.39 is 13.5 Å². The summed E-state index contributed by atoms with van der Waals surface area (Å²) in [7, 11) is -1.43. The monoisotopic (exact) mass is 488 g/mol. The van der Waals surface area contributed by atoms with Gasteiger partial charge in [0.05, 0.1) is 0 Å². The predicted molar refractivity (Wildman–Crippen MR) is 145 cm³/mol. The van der Waals surface area contributed by atoms with E-state index in [0.29, 0.717) is 0 Å². The fourth-order valence-corrected chi connectivity index (χ4v) is 7.18. The summed E-state index contributed by atoms with van der Waals surface area (Å²) < 4.78 is 13.2. The van der Waals surface area contributed by atoms with Crippen LogP contribution in [0.4, 0.5) is 0 Å². The van der Waals surface area contributed by atoms with Gasteiger partial charge in [0, 0.05) is 16.7 Å². The van der Waals surface area contributed by atoms with E-state index in [4.69, 9.17) is 9.05 Å². The SMILES string of the molecule is CC(C)(C)c1ccc(O)c(C23c4cc(C(C)(C)C)ccc4OP2Oc2ccc(C(C)(C)C)cc23)c1. The molecule has 0 saturated carbocycles. The Bertz CT molecular complexity index is 1250. The molecule has 4 heteroatoms. The summed E-state index contributed by atoms with van der Waals surface area (Å²) in [5.74, 6) is 1.97. The molecular formula is C31H37O3P. The molecular weight excluding hydrogens is 451 g/mol. The number of hydrogen-bond acceptors (Lipinski definition) is 3. The van der Waals surface area contributed by atoms with Crippen LogP contribution in [-0.4, -0.2) is 5.11 Å². The zero-order chi connectivity index (χ0) is 25.6. The van der Waals surface area contributed by atoms with Crippen LogP contribution in [-0.2, 0) is 21.4 Å². The standard InChI is InChI=1S/C31H37O3P/c1-28(2,3)19-10-13-25(32)22(16-19)31-23-17-20(29(4,5)6)11-14-26(23)33-35(31)34-27-15-12-21(18-24(27)31)30(7,8)9/h10-18,32H,1-9H3. The molecule has 2 aliphatic heterocycles. The minimum Gasteiger partial charge on any atom is -0.508 e. The van der Waals surface area contributed by atoms with E-state index in [2.05, 4.69) is 105 Å². The first kappa shape index (κ1) is 24.2. The van der Waals surface area contributed by atoms with Gasteiger partial charge in [-0.05, 0) is 69.3 Å². The van der Waals surface area contributed by atoms with Gasteiger partial charge in [0.1, 0.15) is 22.4 Å². The lowest BCUT2D eigenvalue weighted by molar-refractivity contribution is 0.462. The zero-order valence-corrected chi connectivity index (χ0v) is 23.3. The van der Waals surface area contributed by atoms with Crippen molar-refractivity contribution in [1.29, 1.82) is 0 Å². The average Bonchev–Trinajstić information content (AvgIpc) is 3.22. The summed E-state index contributed by atoms with van der Waals surface area (Å²) in [5, 5.41) is 10.7. The van der Waals surface area contributed by atoms with Crippen molar-refractivity contribution in [2.75, 3.05) is 0 Å². The van der Waals surface area contributed by atoms with Gasteiger partial charge in [0.15, 0.2) is 0 Å². The number of fused-ring (bicyclic) bond motifs is 5. The third kappa shape index (κ3) is 3.66. The molecule has 0 spiro atoms. The highest BCUT2D eigenvalue weighted by Crippen LogP contribution is 2.76. The van der Waals surface area contributed by atoms with E-state index in [9.17, 15) is 5.11 Å². The molecule has 0 aromatic heterocycles. The van der Waals surface area contributed by atoms with Gasteiger partial charge in [-0.15, -0.1) is 0 Å². The molecule has 0 bridgehead atoms. The first-order valence-electron chi connectivity index (χ1n) is 12.4. The van der Waals surface area contributed by atoms with Crippen molar-refractivity contribution in [3.63, 3.8) is 0 Å². The van der Waals surface area contributed by atoms with Gasteiger partial charge in [0.2, 0.25) is 0 Å². The van der Waals surface area contributed by atoms with Crippen molar-refractivity contribution >= 4 is 8.38 Å². The summed E-state index contributed by atoms with van der Waals surface area (Å²) in [6.45, 7) is 20.0. The Kier molecular flexibility index (Phi) is 5.18. The highest BCUT2D eigenvalue weighted by Gasteiger charge is 2.62. The molecule has 3 nitrogen and oxygen atoms in total. The Labute approximate surface area is 211 Å².